The fourth-order valence-corrected chi connectivity index (χ4v) is 1.89. The molecule has 66 valence electrons. The highest BCUT2D eigenvalue weighted by atomic mass is 79.9. The molecular weight excluding hydrogens is 254 g/mol. The van der Waals surface area contributed by atoms with E-state index in [0.29, 0.717) is 4.90 Å². The second-order valence-electron chi connectivity index (χ2n) is 2.24. The van der Waals surface area contributed by atoms with Crippen molar-refractivity contribution in [3.05, 3.63) is 27.7 Å². The predicted molar refractivity (Wildman–Crippen MR) is 53.1 cm³/mol. The van der Waals surface area contributed by atoms with Gasteiger partial charge in [-0.3, -0.25) is 0 Å². The molecule has 0 aromatic heterocycles. The van der Waals surface area contributed by atoms with Crippen molar-refractivity contribution >= 4 is 34.5 Å². The monoisotopic (exact) mass is 257 g/mol. The predicted octanol–water partition coefficient (Wildman–Crippen LogP) is 2.31. The Bertz CT molecular complexity index is 411. The van der Waals surface area contributed by atoms with E-state index in [2.05, 4.69) is 28.6 Å². The Morgan fingerprint density at radius 1 is 1.62 bits per heavy atom. The molecule has 0 unspecified atom stereocenters. The molecule has 0 saturated heterocycles. The minimum Gasteiger partial charge on any atom is -0.478 e. The van der Waals surface area contributed by atoms with Crippen LogP contribution in [0.2, 0.25) is 0 Å². The van der Waals surface area contributed by atoms with Crippen LogP contribution in [0.3, 0.4) is 0 Å². The number of carboxylic acids is 1. The zero-order chi connectivity index (χ0) is 10.0. The van der Waals surface area contributed by atoms with E-state index in [9.17, 15) is 4.79 Å². The van der Waals surface area contributed by atoms with Crippen molar-refractivity contribution in [2.75, 3.05) is 0 Å². The second-order valence-corrected chi connectivity index (χ2v) is 3.51. The van der Waals surface area contributed by atoms with E-state index in [1.807, 2.05) is 6.07 Å². The molecule has 1 rings (SSSR count). The van der Waals surface area contributed by atoms with Crippen molar-refractivity contribution < 1.29 is 9.90 Å². The summed E-state index contributed by atoms with van der Waals surface area (Å²) >= 11 is 7.01. The van der Waals surface area contributed by atoms with Crippen LogP contribution in [0.1, 0.15) is 15.9 Å². The van der Waals surface area contributed by atoms with E-state index in [1.165, 1.54) is 12.1 Å². The number of hydrogen-bond donors (Lipinski definition) is 2. The van der Waals surface area contributed by atoms with Crippen molar-refractivity contribution in [1.82, 2.24) is 0 Å². The van der Waals surface area contributed by atoms with Crippen molar-refractivity contribution in [1.29, 1.82) is 5.26 Å². The summed E-state index contributed by atoms with van der Waals surface area (Å²) < 4.78 is 0.273. The van der Waals surface area contributed by atoms with Gasteiger partial charge < -0.3 is 5.11 Å². The Hall–Kier alpha value is -0.990. The van der Waals surface area contributed by atoms with E-state index in [4.69, 9.17) is 10.4 Å². The largest absolute Gasteiger partial charge is 0.478 e. The average molecular weight is 258 g/mol. The van der Waals surface area contributed by atoms with Crippen LogP contribution in [0.15, 0.2) is 21.5 Å². The standard InChI is InChI=1S/C8H4BrNO2S/c9-7-4(3-10)1-2-5(13)6(7)8(11)12/h1-2,13H,(H,11,12). The van der Waals surface area contributed by atoms with Crippen LogP contribution in [0.25, 0.3) is 0 Å². The van der Waals surface area contributed by atoms with Gasteiger partial charge in [0.1, 0.15) is 6.07 Å². The molecule has 0 saturated carbocycles. The van der Waals surface area contributed by atoms with Crippen molar-refractivity contribution in [3.63, 3.8) is 0 Å². The molecule has 0 aliphatic heterocycles. The van der Waals surface area contributed by atoms with E-state index < -0.39 is 5.97 Å². The lowest BCUT2D eigenvalue weighted by molar-refractivity contribution is 0.0692. The summed E-state index contributed by atoms with van der Waals surface area (Å²) in [6.07, 6.45) is 0. The molecule has 1 aromatic rings. The lowest BCUT2D eigenvalue weighted by Crippen LogP contribution is -2.00. The highest BCUT2D eigenvalue weighted by Crippen LogP contribution is 2.26. The molecule has 1 aromatic carbocycles. The first kappa shape index (κ1) is 10.1. The lowest BCUT2D eigenvalue weighted by Gasteiger charge is -2.03. The first-order valence-electron chi connectivity index (χ1n) is 3.22. The summed E-state index contributed by atoms with van der Waals surface area (Å²) in [6.45, 7) is 0. The number of hydrogen-bond acceptors (Lipinski definition) is 3. The Balaban J connectivity index is 3.50. The average Bonchev–Trinajstić information content (AvgIpc) is 2.04. The Labute approximate surface area is 88.5 Å². The maximum absolute atomic E-state index is 10.7. The molecule has 1 N–H and O–H groups in total. The summed E-state index contributed by atoms with van der Waals surface area (Å²) in [5.74, 6) is -1.10. The fraction of sp³-hybridized carbons (Fsp3) is 0. The van der Waals surface area contributed by atoms with E-state index >= 15 is 0 Å². The van der Waals surface area contributed by atoms with Gasteiger partial charge in [-0.25, -0.2) is 4.79 Å². The van der Waals surface area contributed by atoms with Gasteiger partial charge in [0.25, 0.3) is 0 Å². The summed E-state index contributed by atoms with van der Waals surface area (Å²) in [4.78, 5) is 11.1. The van der Waals surface area contributed by atoms with Gasteiger partial charge in [-0.1, -0.05) is 0 Å². The number of carboxylic acid groups (broad SMARTS) is 1. The topological polar surface area (TPSA) is 61.1 Å². The number of benzene rings is 1. The van der Waals surface area contributed by atoms with Crippen LogP contribution in [-0.2, 0) is 0 Å². The summed E-state index contributed by atoms with van der Waals surface area (Å²) in [7, 11) is 0. The highest BCUT2D eigenvalue weighted by Gasteiger charge is 2.15. The van der Waals surface area contributed by atoms with Gasteiger partial charge >= 0.3 is 5.97 Å². The van der Waals surface area contributed by atoms with Crippen LogP contribution >= 0.6 is 28.6 Å². The zero-order valence-electron chi connectivity index (χ0n) is 6.28. The molecule has 0 radical (unpaired) electrons. The van der Waals surface area contributed by atoms with Gasteiger partial charge in [0.15, 0.2) is 0 Å². The number of rotatable bonds is 1. The summed E-state index contributed by atoms with van der Waals surface area (Å²) in [5.41, 5.74) is 0.303. The molecular formula is C8H4BrNO2S. The van der Waals surface area contributed by atoms with Crippen molar-refractivity contribution in [3.8, 4) is 6.07 Å². The van der Waals surface area contributed by atoms with Crippen LogP contribution in [-0.4, -0.2) is 11.1 Å². The van der Waals surface area contributed by atoms with Crippen LogP contribution in [0, 0.1) is 11.3 Å². The normalized spacial score (nSPS) is 9.31. The van der Waals surface area contributed by atoms with Gasteiger partial charge in [-0.15, -0.1) is 12.6 Å². The molecule has 0 amide bonds. The molecule has 0 aliphatic carbocycles. The van der Waals surface area contributed by atoms with Crippen LogP contribution in [0.4, 0.5) is 0 Å². The highest BCUT2D eigenvalue weighted by molar-refractivity contribution is 9.10. The van der Waals surface area contributed by atoms with Crippen LogP contribution in [0.5, 0.6) is 0 Å². The Morgan fingerprint density at radius 2 is 2.23 bits per heavy atom. The molecule has 0 heterocycles. The third kappa shape index (κ3) is 1.85. The first-order chi connectivity index (χ1) is 6.07. The molecule has 13 heavy (non-hydrogen) atoms. The minimum absolute atomic E-state index is 0.0161. The lowest BCUT2D eigenvalue weighted by atomic mass is 10.1. The quantitative estimate of drug-likeness (QED) is 0.760. The molecule has 0 atom stereocenters. The van der Waals surface area contributed by atoms with Gasteiger partial charge in [0, 0.05) is 4.90 Å². The number of halogens is 1. The molecule has 0 bridgehead atoms. The molecule has 0 spiro atoms. The van der Waals surface area contributed by atoms with E-state index in [1.54, 1.807) is 0 Å². The van der Waals surface area contributed by atoms with E-state index in [-0.39, 0.29) is 15.6 Å². The van der Waals surface area contributed by atoms with Gasteiger partial charge in [-0.05, 0) is 28.1 Å². The summed E-state index contributed by atoms with van der Waals surface area (Å²) in [5, 5.41) is 17.4. The molecule has 0 aliphatic rings. The number of carbonyl (C=O) groups is 1. The number of nitriles is 1. The maximum Gasteiger partial charge on any atom is 0.338 e. The smallest absolute Gasteiger partial charge is 0.338 e. The SMILES string of the molecule is N#Cc1ccc(S)c(C(=O)O)c1Br. The third-order valence-corrected chi connectivity index (χ3v) is 2.65. The maximum atomic E-state index is 10.7. The number of thiol groups is 1. The van der Waals surface area contributed by atoms with Gasteiger partial charge in [0.2, 0.25) is 0 Å². The third-order valence-electron chi connectivity index (χ3n) is 1.45. The van der Waals surface area contributed by atoms with Crippen LogP contribution < -0.4 is 0 Å². The second kappa shape index (κ2) is 3.81. The number of aromatic carboxylic acids is 1. The number of nitrogens with zero attached hydrogens (tertiary/aromatic N) is 1. The van der Waals surface area contributed by atoms with E-state index in [0.717, 1.165) is 0 Å². The first-order valence-corrected chi connectivity index (χ1v) is 4.46. The van der Waals surface area contributed by atoms with Crippen molar-refractivity contribution in [2.24, 2.45) is 0 Å². The van der Waals surface area contributed by atoms with Crippen molar-refractivity contribution in [2.45, 2.75) is 4.90 Å². The minimum atomic E-state index is -1.10. The molecule has 5 heteroatoms. The zero-order valence-corrected chi connectivity index (χ0v) is 8.76. The molecule has 0 fully saturated rings. The Morgan fingerprint density at radius 3 is 2.69 bits per heavy atom. The van der Waals surface area contributed by atoms with Gasteiger partial charge in [-0.2, -0.15) is 5.26 Å². The van der Waals surface area contributed by atoms with Gasteiger partial charge in [0.05, 0.1) is 15.6 Å². The summed E-state index contributed by atoms with van der Waals surface area (Å²) in [6, 6.07) is 4.87. The Kier molecular flexibility index (Phi) is 2.96. The molecule has 3 nitrogen and oxygen atoms in total. The fourth-order valence-electron chi connectivity index (χ4n) is 0.856.